The van der Waals surface area contributed by atoms with E-state index in [0.717, 1.165) is 55.0 Å². The number of aliphatic hydroxyl groups excluding tert-OH is 2. The maximum absolute atomic E-state index is 14.0. The summed E-state index contributed by atoms with van der Waals surface area (Å²) in [6, 6.07) is 10.4. The average Bonchev–Trinajstić information content (AvgIpc) is 3.01. The highest BCUT2D eigenvalue weighted by Crippen LogP contribution is 2.49. The molecule has 8 nitrogen and oxygen atoms in total. The van der Waals surface area contributed by atoms with E-state index in [1.54, 1.807) is 14.2 Å². The number of fused-ring (bicyclic) bond motifs is 3. The summed E-state index contributed by atoms with van der Waals surface area (Å²) in [6.07, 6.45) is 2.73. The Hall–Kier alpha value is -3.07. The number of nitrogens with zero attached hydrogens (tertiary/aromatic N) is 3. The lowest BCUT2D eigenvalue weighted by Gasteiger charge is -2.45. The third-order valence-corrected chi connectivity index (χ3v) is 8.57. The molecule has 0 unspecified atom stereocenters. The van der Waals surface area contributed by atoms with Crippen LogP contribution in [0.1, 0.15) is 53.5 Å². The van der Waals surface area contributed by atoms with Gasteiger partial charge in [0.25, 0.3) is 0 Å². The number of rotatable bonds is 7. The molecule has 210 valence electrons. The van der Waals surface area contributed by atoms with Gasteiger partial charge >= 0.3 is 6.03 Å². The molecule has 3 aliphatic rings. The van der Waals surface area contributed by atoms with Gasteiger partial charge in [-0.15, -0.1) is 0 Å². The van der Waals surface area contributed by atoms with E-state index in [2.05, 4.69) is 49.9 Å². The van der Waals surface area contributed by atoms with E-state index in [-0.39, 0.29) is 25.1 Å². The number of β-amino-alcohol motifs (C(OH)–C–C–N with tert-alkyl or cyclic N) is 1. The standard InChI is InChI=1S/C31H41N3O5/c1-20-10-21(2)12-23(11-20)16-32-8-6-31(7-9-32)28-13-22(3)29-24(14-26(38-4)15-27(29)39-5)17-33(28)30(37)34(31)18-25(36)19-35/h10-15,22,25,35-36H,6-9,16-19H2,1-5H3/t22-,25+/m0/s1. The Morgan fingerprint density at radius 1 is 1.05 bits per heavy atom. The van der Waals surface area contributed by atoms with Gasteiger partial charge in [-0.2, -0.15) is 0 Å². The first-order valence-corrected chi connectivity index (χ1v) is 13.8. The Kier molecular flexibility index (Phi) is 7.64. The summed E-state index contributed by atoms with van der Waals surface area (Å²) in [6.45, 7) is 9.05. The second-order valence-electron chi connectivity index (χ2n) is 11.4. The van der Waals surface area contributed by atoms with Crippen LogP contribution in [0.2, 0.25) is 0 Å². The zero-order valence-electron chi connectivity index (χ0n) is 23.7. The van der Waals surface area contributed by atoms with Gasteiger partial charge in [0.15, 0.2) is 0 Å². The van der Waals surface area contributed by atoms with Crippen LogP contribution in [0.15, 0.2) is 42.1 Å². The first kappa shape index (κ1) is 27.5. The summed E-state index contributed by atoms with van der Waals surface area (Å²) in [5.74, 6) is 1.46. The average molecular weight is 536 g/mol. The third kappa shape index (κ3) is 5.01. The van der Waals surface area contributed by atoms with Crippen LogP contribution in [0.5, 0.6) is 11.5 Å². The van der Waals surface area contributed by atoms with Crippen molar-refractivity contribution in [3.8, 4) is 11.5 Å². The molecule has 2 N–H and O–H groups in total. The maximum Gasteiger partial charge on any atom is 0.325 e. The molecule has 5 rings (SSSR count). The van der Waals surface area contributed by atoms with Gasteiger partial charge in [0.1, 0.15) is 11.5 Å². The maximum atomic E-state index is 14.0. The predicted molar refractivity (Wildman–Crippen MR) is 150 cm³/mol. The van der Waals surface area contributed by atoms with Gasteiger partial charge in [0.2, 0.25) is 0 Å². The van der Waals surface area contributed by atoms with Crippen LogP contribution in [0.4, 0.5) is 4.79 Å². The van der Waals surface area contributed by atoms with Crippen molar-refractivity contribution in [3.63, 3.8) is 0 Å². The van der Waals surface area contributed by atoms with Gasteiger partial charge in [-0.25, -0.2) is 4.79 Å². The van der Waals surface area contributed by atoms with Crippen molar-refractivity contribution in [2.45, 2.75) is 64.3 Å². The number of ether oxygens (including phenoxy) is 2. The van der Waals surface area contributed by atoms with E-state index in [0.29, 0.717) is 12.3 Å². The molecule has 2 fully saturated rings. The van der Waals surface area contributed by atoms with Gasteiger partial charge < -0.3 is 24.6 Å². The lowest BCUT2D eigenvalue weighted by atomic mass is 9.81. The predicted octanol–water partition coefficient (Wildman–Crippen LogP) is 3.95. The van der Waals surface area contributed by atoms with E-state index in [1.165, 1.54) is 16.7 Å². The first-order valence-electron chi connectivity index (χ1n) is 13.8. The number of allylic oxidation sites excluding steroid dienone is 1. The highest BCUT2D eigenvalue weighted by atomic mass is 16.5. The van der Waals surface area contributed by atoms with Gasteiger partial charge in [0, 0.05) is 42.9 Å². The molecule has 0 bridgehead atoms. The Labute approximate surface area is 231 Å². The van der Waals surface area contributed by atoms with E-state index >= 15 is 0 Å². The Morgan fingerprint density at radius 3 is 2.36 bits per heavy atom. The second kappa shape index (κ2) is 10.8. The minimum absolute atomic E-state index is 0.0153. The van der Waals surface area contributed by atoms with E-state index in [1.807, 2.05) is 21.9 Å². The van der Waals surface area contributed by atoms with E-state index < -0.39 is 11.6 Å². The van der Waals surface area contributed by atoms with Crippen LogP contribution >= 0.6 is 0 Å². The molecule has 0 radical (unpaired) electrons. The number of carbonyl (C=O) groups is 1. The van der Waals surface area contributed by atoms with Crippen LogP contribution in [-0.4, -0.2) is 83.0 Å². The minimum atomic E-state index is -0.992. The fraction of sp³-hybridized carbons (Fsp3) is 0.516. The smallest absolute Gasteiger partial charge is 0.325 e. The molecule has 39 heavy (non-hydrogen) atoms. The number of amides is 2. The van der Waals surface area contributed by atoms with Gasteiger partial charge in [0.05, 0.1) is 45.6 Å². The number of aliphatic hydroxyl groups is 2. The van der Waals surface area contributed by atoms with Crippen molar-refractivity contribution >= 4 is 6.03 Å². The Bertz CT molecular complexity index is 1250. The van der Waals surface area contributed by atoms with Crippen molar-refractivity contribution < 1.29 is 24.5 Å². The molecule has 0 aromatic heterocycles. The van der Waals surface area contributed by atoms with Crippen molar-refractivity contribution in [3.05, 3.63) is 69.9 Å². The van der Waals surface area contributed by atoms with Gasteiger partial charge in [-0.05, 0) is 43.9 Å². The van der Waals surface area contributed by atoms with Gasteiger partial charge in [-0.1, -0.05) is 42.3 Å². The molecule has 8 heteroatoms. The van der Waals surface area contributed by atoms with Crippen LogP contribution in [0.3, 0.4) is 0 Å². The SMILES string of the molecule is COc1cc2c(c(OC)c1)[C@@H](C)C=C1N(C2)C(=O)N(C[C@@H](O)CO)C12CCN(Cc1cc(C)cc(C)c1)CC2. The first-order chi connectivity index (χ1) is 18.7. The number of aryl methyl sites for hydroxylation is 2. The molecule has 3 heterocycles. The molecule has 0 saturated carbocycles. The third-order valence-electron chi connectivity index (χ3n) is 8.57. The van der Waals surface area contributed by atoms with Crippen LogP contribution in [-0.2, 0) is 13.1 Å². The molecule has 2 atom stereocenters. The second-order valence-corrected chi connectivity index (χ2v) is 11.4. The summed E-state index contributed by atoms with van der Waals surface area (Å²) in [5.41, 5.74) is 6.35. The number of benzene rings is 2. The monoisotopic (exact) mass is 535 g/mol. The summed E-state index contributed by atoms with van der Waals surface area (Å²) in [7, 11) is 3.29. The molecule has 2 aromatic rings. The normalized spacial score (nSPS) is 21.4. The zero-order chi connectivity index (χ0) is 27.9. The molecule has 0 aliphatic carbocycles. The number of urea groups is 1. The quantitative estimate of drug-likeness (QED) is 0.559. The van der Waals surface area contributed by atoms with E-state index in [4.69, 9.17) is 9.47 Å². The van der Waals surface area contributed by atoms with Crippen molar-refractivity contribution in [1.82, 2.24) is 14.7 Å². The molecule has 2 amide bonds. The zero-order valence-corrected chi connectivity index (χ0v) is 23.7. The Balaban J connectivity index is 1.49. The van der Waals surface area contributed by atoms with Crippen molar-refractivity contribution in [1.29, 1.82) is 0 Å². The number of methoxy groups -OCH3 is 2. The molecule has 2 saturated heterocycles. The van der Waals surface area contributed by atoms with E-state index in [9.17, 15) is 15.0 Å². The fourth-order valence-corrected chi connectivity index (χ4v) is 6.85. The number of hydrogen-bond donors (Lipinski definition) is 2. The number of hydrogen-bond acceptors (Lipinski definition) is 6. The summed E-state index contributed by atoms with van der Waals surface area (Å²) in [4.78, 5) is 20.2. The number of likely N-dealkylation sites (tertiary alicyclic amines) is 1. The van der Waals surface area contributed by atoms with Crippen molar-refractivity contribution in [2.24, 2.45) is 0 Å². The molecular formula is C31H41N3O5. The Morgan fingerprint density at radius 2 is 1.74 bits per heavy atom. The largest absolute Gasteiger partial charge is 0.497 e. The molecule has 2 aromatic carbocycles. The summed E-state index contributed by atoms with van der Waals surface area (Å²) in [5, 5.41) is 20.1. The minimum Gasteiger partial charge on any atom is -0.497 e. The van der Waals surface area contributed by atoms with Gasteiger partial charge in [-0.3, -0.25) is 9.80 Å². The summed E-state index contributed by atoms with van der Waals surface area (Å²) >= 11 is 0. The number of carbonyl (C=O) groups excluding carboxylic acids is 1. The molecular weight excluding hydrogens is 494 g/mol. The van der Waals surface area contributed by atoms with Crippen LogP contribution in [0.25, 0.3) is 0 Å². The lowest BCUT2D eigenvalue weighted by molar-refractivity contribution is 0.0280. The molecule has 3 aliphatic heterocycles. The van der Waals surface area contributed by atoms with Crippen molar-refractivity contribution in [2.75, 3.05) is 40.5 Å². The highest BCUT2D eigenvalue weighted by molar-refractivity contribution is 5.83. The van der Waals surface area contributed by atoms with Crippen LogP contribution < -0.4 is 9.47 Å². The number of piperidine rings is 1. The molecule has 1 spiro atoms. The topological polar surface area (TPSA) is 85.7 Å². The summed E-state index contributed by atoms with van der Waals surface area (Å²) < 4.78 is 11.3. The fourth-order valence-electron chi connectivity index (χ4n) is 6.85. The van der Waals surface area contributed by atoms with Crippen LogP contribution in [0, 0.1) is 13.8 Å². The highest BCUT2D eigenvalue weighted by Gasteiger charge is 2.55. The lowest BCUT2D eigenvalue weighted by Crippen LogP contribution is -2.55.